The van der Waals surface area contributed by atoms with E-state index in [1.165, 1.54) is 18.5 Å². The van der Waals surface area contributed by atoms with Crippen molar-refractivity contribution < 1.29 is 18.0 Å². The summed E-state index contributed by atoms with van der Waals surface area (Å²) in [4.78, 5) is 27.3. The van der Waals surface area contributed by atoms with Gasteiger partial charge in [-0.1, -0.05) is 12.1 Å². The van der Waals surface area contributed by atoms with Gasteiger partial charge < -0.3 is 10.2 Å². The molecule has 160 valence electrons. The second-order valence-electron chi connectivity index (χ2n) is 7.34. The quantitative estimate of drug-likeness (QED) is 0.683. The van der Waals surface area contributed by atoms with Gasteiger partial charge in [-0.2, -0.15) is 13.2 Å². The number of amides is 1. The summed E-state index contributed by atoms with van der Waals surface area (Å²) in [6.45, 7) is 2.59. The molecule has 1 aromatic carbocycles. The van der Waals surface area contributed by atoms with E-state index in [4.69, 9.17) is 0 Å². The van der Waals surface area contributed by atoms with E-state index < -0.39 is 17.8 Å². The number of fused-ring (bicyclic) bond motifs is 1. The third-order valence-electron chi connectivity index (χ3n) is 5.22. The minimum Gasteiger partial charge on any atom is -0.373 e. The Morgan fingerprint density at radius 2 is 1.94 bits per heavy atom. The first-order valence-electron chi connectivity index (χ1n) is 9.78. The predicted octanol–water partition coefficient (Wildman–Crippen LogP) is 3.94. The average Bonchev–Trinajstić information content (AvgIpc) is 2.78. The van der Waals surface area contributed by atoms with Gasteiger partial charge in [0.05, 0.1) is 29.2 Å². The fourth-order valence-corrected chi connectivity index (χ4v) is 3.64. The molecule has 1 aliphatic rings. The third-order valence-corrected chi connectivity index (χ3v) is 5.22. The Balaban J connectivity index is 1.51. The molecule has 1 amide bonds. The third kappa shape index (κ3) is 4.50. The van der Waals surface area contributed by atoms with Crippen molar-refractivity contribution in [1.29, 1.82) is 0 Å². The summed E-state index contributed by atoms with van der Waals surface area (Å²) < 4.78 is 38.5. The number of alkyl halides is 3. The number of rotatable bonds is 4. The molecule has 6 nitrogen and oxygen atoms in total. The number of carbonyl (C=O) groups excluding carboxylic acids is 1. The Morgan fingerprint density at radius 3 is 2.61 bits per heavy atom. The molecule has 31 heavy (non-hydrogen) atoms. The first kappa shape index (κ1) is 20.8. The summed E-state index contributed by atoms with van der Waals surface area (Å²) in [6.07, 6.45) is 0.839. The first-order chi connectivity index (χ1) is 14.8. The molecule has 3 heterocycles. The van der Waals surface area contributed by atoms with Gasteiger partial charge in [-0.25, -0.2) is 9.97 Å². The van der Waals surface area contributed by atoms with Crippen LogP contribution in [-0.2, 0) is 23.9 Å². The molecule has 1 aliphatic heterocycles. The van der Waals surface area contributed by atoms with E-state index in [9.17, 15) is 18.0 Å². The normalized spacial score (nSPS) is 14.6. The first-order valence-corrected chi connectivity index (χ1v) is 9.78. The van der Waals surface area contributed by atoms with E-state index in [1.807, 2.05) is 6.07 Å². The standard InChI is InChI=1S/C22H20F3N5O/c1-14(29-17-3-2-9-26-11-17)21(31)30-10-8-18-19(12-30)27-13-28-20(18)15-4-6-16(7-5-15)22(23,24)25/h2-7,9,11,13-14,29H,8,10,12H2,1H3/t14-/m0/s1. The van der Waals surface area contributed by atoms with Gasteiger partial charge in [0.1, 0.15) is 12.4 Å². The van der Waals surface area contributed by atoms with Gasteiger partial charge in [-0.15, -0.1) is 0 Å². The van der Waals surface area contributed by atoms with Crippen LogP contribution in [-0.4, -0.2) is 38.3 Å². The number of nitrogens with one attached hydrogen (secondary N) is 1. The fourth-order valence-electron chi connectivity index (χ4n) is 3.64. The van der Waals surface area contributed by atoms with Crippen LogP contribution in [0.4, 0.5) is 18.9 Å². The molecule has 0 spiro atoms. The van der Waals surface area contributed by atoms with Gasteiger partial charge in [0.2, 0.25) is 5.91 Å². The maximum absolute atomic E-state index is 12.9. The zero-order chi connectivity index (χ0) is 22.0. The van der Waals surface area contributed by atoms with Crippen LogP contribution in [0.25, 0.3) is 11.3 Å². The maximum atomic E-state index is 12.9. The Kier molecular flexibility index (Phi) is 5.58. The molecule has 0 unspecified atom stereocenters. The lowest BCUT2D eigenvalue weighted by molar-refractivity contribution is -0.137. The van der Waals surface area contributed by atoms with Crippen LogP contribution >= 0.6 is 0 Å². The Morgan fingerprint density at radius 1 is 1.16 bits per heavy atom. The van der Waals surface area contributed by atoms with E-state index in [0.29, 0.717) is 36.5 Å². The summed E-state index contributed by atoms with van der Waals surface area (Å²) in [5.74, 6) is -0.0656. The molecular formula is C22H20F3N5O. The number of hydrogen-bond donors (Lipinski definition) is 1. The SMILES string of the molecule is C[C@H](Nc1cccnc1)C(=O)N1CCc2c(ncnc2-c2ccc(C(F)(F)F)cc2)C1. The van der Waals surface area contributed by atoms with Crippen LogP contribution in [0.2, 0.25) is 0 Å². The lowest BCUT2D eigenvalue weighted by Crippen LogP contribution is -2.44. The highest BCUT2D eigenvalue weighted by atomic mass is 19.4. The molecule has 1 N–H and O–H groups in total. The minimum atomic E-state index is -4.38. The van der Waals surface area contributed by atoms with Crippen LogP contribution in [0.1, 0.15) is 23.7 Å². The lowest BCUT2D eigenvalue weighted by atomic mass is 9.97. The van der Waals surface area contributed by atoms with Gasteiger partial charge in [-0.05, 0) is 37.6 Å². The molecule has 0 saturated heterocycles. The van der Waals surface area contributed by atoms with Gasteiger partial charge in [0.25, 0.3) is 0 Å². The Labute approximate surface area is 177 Å². The molecule has 2 aromatic heterocycles. The molecule has 0 radical (unpaired) electrons. The number of carbonyl (C=O) groups is 1. The number of benzene rings is 1. The van der Waals surface area contributed by atoms with Crippen LogP contribution in [0.5, 0.6) is 0 Å². The van der Waals surface area contributed by atoms with Gasteiger partial charge in [0, 0.05) is 30.1 Å². The van der Waals surface area contributed by atoms with Gasteiger partial charge >= 0.3 is 6.18 Å². The molecule has 0 bridgehead atoms. The van der Waals surface area contributed by atoms with E-state index >= 15 is 0 Å². The number of pyridine rings is 1. The Hall–Kier alpha value is -3.49. The highest BCUT2D eigenvalue weighted by molar-refractivity contribution is 5.84. The van der Waals surface area contributed by atoms with Crippen molar-refractivity contribution in [3.8, 4) is 11.3 Å². The van der Waals surface area contributed by atoms with Crippen molar-refractivity contribution in [3.05, 3.63) is 71.9 Å². The highest BCUT2D eigenvalue weighted by Crippen LogP contribution is 2.32. The summed E-state index contributed by atoms with van der Waals surface area (Å²) in [7, 11) is 0. The van der Waals surface area contributed by atoms with Gasteiger partial charge in [-0.3, -0.25) is 9.78 Å². The molecular weight excluding hydrogens is 407 g/mol. The summed E-state index contributed by atoms with van der Waals surface area (Å²) in [6, 6.07) is 8.12. The second-order valence-corrected chi connectivity index (χ2v) is 7.34. The van der Waals surface area contributed by atoms with E-state index in [1.54, 1.807) is 30.3 Å². The molecule has 0 saturated carbocycles. The largest absolute Gasteiger partial charge is 0.416 e. The van der Waals surface area contributed by atoms with E-state index in [2.05, 4.69) is 20.3 Å². The van der Waals surface area contributed by atoms with E-state index in [0.717, 1.165) is 23.4 Å². The van der Waals surface area contributed by atoms with Crippen LogP contribution in [0.3, 0.4) is 0 Å². The molecule has 0 fully saturated rings. The monoisotopic (exact) mass is 427 g/mol. The fraction of sp³-hybridized carbons (Fsp3) is 0.273. The van der Waals surface area contributed by atoms with Crippen molar-refractivity contribution in [1.82, 2.24) is 19.9 Å². The molecule has 1 atom stereocenters. The van der Waals surface area contributed by atoms with Crippen molar-refractivity contribution in [2.75, 3.05) is 11.9 Å². The minimum absolute atomic E-state index is 0.0656. The summed E-state index contributed by atoms with van der Waals surface area (Å²) >= 11 is 0. The van der Waals surface area contributed by atoms with Crippen LogP contribution in [0.15, 0.2) is 55.1 Å². The smallest absolute Gasteiger partial charge is 0.373 e. The zero-order valence-corrected chi connectivity index (χ0v) is 16.7. The molecule has 4 rings (SSSR count). The molecule has 9 heteroatoms. The average molecular weight is 427 g/mol. The summed E-state index contributed by atoms with van der Waals surface area (Å²) in [5, 5.41) is 3.14. The van der Waals surface area contributed by atoms with Crippen molar-refractivity contribution in [2.24, 2.45) is 0 Å². The maximum Gasteiger partial charge on any atom is 0.416 e. The highest BCUT2D eigenvalue weighted by Gasteiger charge is 2.31. The van der Waals surface area contributed by atoms with Crippen molar-refractivity contribution in [2.45, 2.75) is 32.1 Å². The van der Waals surface area contributed by atoms with Crippen molar-refractivity contribution in [3.63, 3.8) is 0 Å². The second kappa shape index (κ2) is 8.33. The molecule has 0 aliphatic carbocycles. The number of aromatic nitrogens is 3. The predicted molar refractivity (Wildman–Crippen MR) is 109 cm³/mol. The van der Waals surface area contributed by atoms with Gasteiger partial charge in [0.15, 0.2) is 0 Å². The van der Waals surface area contributed by atoms with Crippen LogP contribution < -0.4 is 5.32 Å². The number of halogens is 3. The number of nitrogens with zero attached hydrogens (tertiary/aromatic N) is 4. The van der Waals surface area contributed by atoms with Crippen molar-refractivity contribution >= 4 is 11.6 Å². The lowest BCUT2D eigenvalue weighted by Gasteiger charge is -2.31. The van der Waals surface area contributed by atoms with Crippen LogP contribution in [0, 0.1) is 0 Å². The zero-order valence-electron chi connectivity index (χ0n) is 16.7. The van der Waals surface area contributed by atoms with E-state index in [-0.39, 0.29) is 5.91 Å². The molecule has 3 aromatic rings. The Bertz CT molecular complexity index is 1070. The summed E-state index contributed by atoms with van der Waals surface area (Å²) in [5.41, 5.74) is 2.82. The number of hydrogen-bond acceptors (Lipinski definition) is 5. The topological polar surface area (TPSA) is 71.0 Å². The number of anilines is 1.